The molecule has 0 unspecified atom stereocenters. The Bertz CT molecular complexity index is 549. The van der Waals surface area contributed by atoms with E-state index in [1.54, 1.807) is 13.8 Å². The van der Waals surface area contributed by atoms with Crippen molar-refractivity contribution < 1.29 is 4.94 Å². The third-order valence-electron chi connectivity index (χ3n) is 2.20. The molecule has 0 saturated heterocycles. The molecule has 16 heavy (non-hydrogen) atoms. The van der Waals surface area contributed by atoms with E-state index < -0.39 is 5.69 Å². The van der Waals surface area contributed by atoms with E-state index in [2.05, 4.69) is 5.16 Å². The van der Waals surface area contributed by atoms with Gasteiger partial charge in [-0.3, -0.25) is 14.3 Å². The van der Waals surface area contributed by atoms with Gasteiger partial charge in [0.25, 0.3) is 5.56 Å². The van der Waals surface area contributed by atoms with Gasteiger partial charge < -0.3 is 5.73 Å². The number of aromatic nitrogens is 2. The number of rotatable bonds is 2. The zero-order valence-electron chi connectivity index (χ0n) is 9.64. The predicted molar refractivity (Wildman–Crippen MR) is 59.3 cm³/mol. The number of hydrogen-bond acceptors (Lipinski definition) is 4. The number of amidine groups is 1. The fourth-order valence-corrected chi connectivity index (χ4v) is 1.13. The first-order chi connectivity index (χ1) is 7.36. The van der Waals surface area contributed by atoms with Crippen molar-refractivity contribution in [3.8, 4) is 0 Å². The van der Waals surface area contributed by atoms with Gasteiger partial charge in [0, 0.05) is 12.6 Å². The minimum Gasteiger partial charge on any atom is -0.385 e. The summed E-state index contributed by atoms with van der Waals surface area (Å²) in [5, 5.41) is 3.47. The molecule has 0 atom stereocenters. The van der Waals surface area contributed by atoms with E-state index in [-0.39, 0.29) is 11.4 Å². The van der Waals surface area contributed by atoms with E-state index in [0.717, 1.165) is 9.30 Å². The fraction of sp³-hybridized carbons (Fsp3) is 0.444. The number of nitrogens with two attached hydrogens (primary N) is 1. The highest BCUT2D eigenvalue weighted by Crippen LogP contribution is 1.95. The molecule has 0 aromatic carbocycles. The average molecular weight is 226 g/mol. The van der Waals surface area contributed by atoms with Crippen LogP contribution >= 0.6 is 0 Å². The predicted octanol–water partition coefficient (Wildman–Crippen LogP) is -1.12. The van der Waals surface area contributed by atoms with E-state index in [1.807, 2.05) is 0 Å². The summed E-state index contributed by atoms with van der Waals surface area (Å²) in [4.78, 5) is 28.1. The molecule has 0 amide bonds. The van der Waals surface area contributed by atoms with Gasteiger partial charge in [-0.25, -0.2) is 4.79 Å². The van der Waals surface area contributed by atoms with Crippen molar-refractivity contribution >= 4 is 5.84 Å². The normalized spacial score (nSPS) is 11.6. The van der Waals surface area contributed by atoms with Crippen LogP contribution in [0.5, 0.6) is 0 Å². The molecule has 1 rings (SSSR count). The van der Waals surface area contributed by atoms with E-state index in [9.17, 15) is 9.59 Å². The maximum atomic E-state index is 11.7. The Balaban J connectivity index is 3.47. The second-order valence-corrected chi connectivity index (χ2v) is 3.47. The minimum absolute atomic E-state index is 0.179. The molecular weight excluding hydrogens is 212 g/mol. The van der Waals surface area contributed by atoms with E-state index in [0.29, 0.717) is 11.3 Å². The summed E-state index contributed by atoms with van der Waals surface area (Å²) in [5.74, 6) is 0.179. The molecule has 1 heterocycles. The van der Waals surface area contributed by atoms with Crippen molar-refractivity contribution in [2.75, 3.05) is 0 Å². The summed E-state index contributed by atoms with van der Waals surface area (Å²) in [6.07, 6.45) is 0. The second kappa shape index (κ2) is 4.21. The highest BCUT2D eigenvalue weighted by atomic mass is 16.8. The van der Waals surface area contributed by atoms with Crippen LogP contribution in [-0.2, 0) is 7.05 Å². The third-order valence-corrected chi connectivity index (χ3v) is 2.20. The quantitative estimate of drug-likeness (QED) is 0.393. The molecule has 0 aliphatic carbocycles. The van der Waals surface area contributed by atoms with Gasteiger partial charge in [-0.05, 0) is 25.9 Å². The Hall–Kier alpha value is -2.05. The van der Waals surface area contributed by atoms with Crippen molar-refractivity contribution in [2.24, 2.45) is 17.9 Å². The largest absolute Gasteiger partial charge is 0.385 e. The molecule has 0 bridgehead atoms. The fourth-order valence-electron chi connectivity index (χ4n) is 1.13. The first-order valence-electron chi connectivity index (χ1n) is 4.63. The zero-order chi connectivity index (χ0) is 12.5. The lowest BCUT2D eigenvalue weighted by Gasteiger charge is -2.09. The van der Waals surface area contributed by atoms with Crippen LogP contribution in [0, 0.1) is 13.8 Å². The van der Waals surface area contributed by atoms with Crippen molar-refractivity contribution in [1.82, 2.24) is 9.30 Å². The zero-order valence-corrected chi connectivity index (χ0v) is 9.64. The standard InChI is InChI=1S/C9H14N4O3/c1-5-6(2)13(16-11-7(3)10)9(15)12(4)8(5)14/h1-4H3,(H2,10,11). The van der Waals surface area contributed by atoms with Gasteiger partial charge in [-0.15, -0.1) is 4.73 Å². The lowest BCUT2D eigenvalue weighted by atomic mass is 10.3. The molecule has 88 valence electrons. The second-order valence-electron chi connectivity index (χ2n) is 3.47. The monoisotopic (exact) mass is 226 g/mol. The lowest BCUT2D eigenvalue weighted by molar-refractivity contribution is 0.0964. The lowest BCUT2D eigenvalue weighted by Crippen LogP contribution is -2.42. The summed E-state index contributed by atoms with van der Waals surface area (Å²) in [7, 11) is 1.37. The Morgan fingerprint density at radius 1 is 1.38 bits per heavy atom. The van der Waals surface area contributed by atoms with Crippen molar-refractivity contribution in [3.63, 3.8) is 0 Å². The summed E-state index contributed by atoms with van der Waals surface area (Å²) >= 11 is 0. The van der Waals surface area contributed by atoms with Crippen molar-refractivity contribution in [3.05, 3.63) is 32.1 Å². The van der Waals surface area contributed by atoms with Gasteiger partial charge in [0.15, 0.2) is 0 Å². The Morgan fingerprint density at radius 2 is 1.94 bits per heavy atom. The van der Waals surface area contributed by atoms with Crippen LogP contribution in [0.15, 0.2) is 14.7 Å². The van der Waals surface area contributed by atoms with Gasteiger partial charge in [0.05, 0.1) is 5.69 Å². The molecule has 0 aliphatic rings. The number of nitrogens with zero attached hydrogens (tertiary/aromatic N) is 3. The van der Waals surface area contributed by atoms with E-state index in [1.165, 1.54) is 14.0 Å². The summed E-state index contributed by atoms with van der Waals surface area (Å²) in [6.45, 7) is 4.73. The molecule has 7 nitrogen and oxygen atoms in total. The van der Waals surface area contributed by atoms with Crippen molar-refractivity contribution in [1.29, 1.82) is 0 Å². The molecule has 1 aromatic heterocycles. The van der Waals surface area contributed by atoms with Crippen LogP contribution in [0.2, 0.25) is 0 Å². The summed E-state index contributed by atoms with van der Waals surface area (Å²) < 4.78 is 1.87. The van der Waals surface area contributed by atoms with Crippen LogP contribution in [0.25, 0.3) is 0 Å². The summed E-state index contributed by atoms with van der Waals surface area (Å²) in [6, 6.07) is 0. The minimum atomic E-state index is -0.599. The van der Waals surface area contributed by atoms with Crippen LogP contribution in [-0.4, -0.2) is 15.1 Å². The van der Waals surface area contributed by atoms with Gasteiger partial charge >= 0.3 is 5.69 Å². The molecule has 7 heteroatoms. The van der Waals surface area contributed by atoms with Crippen LogP contribution in [0.1, 0.15) is 18.2 Å². The molecule has 0 spiro atoms. The van der Waals surface area contributed by atoms with Gasteiger partial charge in [0.1, 0.15) is 5.84 Å². The molecule has 2 N–H and O–H groups in total. The number of hydrogen-bond donors (Lipinski definition) is 1. The topological polar surface area (TPSA) is 91.6 Å². The summed E-state index contributed by atoms with van der Waals surface area (Å²) in [5.41, 5.74) is 5.16. The first kappa shape index (κ1) is 12.0. The molecule has 0 radical (unpaired) electrons. The number of oxime groups is 1. The van der Waals surface area contributed by atoms with Crippen LogP contribution in [0.3, 0.4) is 0 Å². The van der Waals surface area contributed by atoms with E-state index >= 15 is 0 Å². The van der Waals surface area contributed by atoms with Crippen molar-refractivity contribution in [2.45, 2.75) is 20.8 Å². The Kier molecular flexibility index (Phi) is 3.17. The Labute approximate surface area is 91.7 Å². The SMILES string of the molecule is C/C(N)=N/On1c(C)c(C)c(=O)n(C)c1=O. The molecule has 0 aliphatic heterocycles. The van der Waals surface area contributed by atoms with Crippen LogP contribution < -0.4 is 21.9 Å². The highest BCUT2D eigenvalue weighted by molar-refractivity contribution is 5.76. The maximum absolute atomic E-state index is 11.7. The van der Waals surface area contributed by atoms with E-state index in [4.69, 9.17) is 10.7 Å². The highest BCUT2D eigenvalue weighted by Gasteiger charge is 2.11. The third kappa shape index (κ3) is 1.97. The molecule has 0 fully saturated rings. The molecule has 1 aromatic rings. The first-order valence-corrected chi connectivity index (χ1v) is 4.63. The van der Waals surface area contributed by atoms with Gasteiger partial charge in [0.2, 0.25) is 0 Å². The van der Waals surface area contributed by atoms with Gasteiger partial charge in [-0.2, -0.15) is 0 Å². The maximum Gasteiger partial charge on any atom is 0.366 e. The Morgan fingerprint density at radius 3 is 2.44 bits per heavy atom. The smallest absolute Gasteiger partial charge is 0.366 e. The average Bonchev–Trinajstić information content (AvgIpc) is 2.23. The molecule has 0 saturated carbocycles. The van der Waals surface area contributed by atoms with Gasteiger partial charge in [-0.1, -0.05) is 0 Å². The van der Waals surface area contributed by atoms with Crippen LogP contribution in [0.4, 0.5) is 0 Å². The molecular formula is C9H14N4O3.